The number of rotatable bonds is 4. The standard InChI is InChI=1S/C25H29N3O/c1-17-11-13-22(14-12-17)28-18(2)15-21(19(28)3)16-26-25(29)27-24-10-6-8-20-7-4-5-9-23(20)24/h6,8,10-15H,4-5,7,9,16H2,1-3H3,(H2,26,27,29). The Labute approximate surface area is 173 Å². The van der Waals surface area contributed by atoms with E-state index in [-0.39, 0.29) is 6.03 Å². The topological polar surface area (TPSA) is 46.1 Å². The Kier molecular flexibility index (Phi) is 5.43. The minimum absolute atomic E-state index is 0.149. The summed E-state index contributed by atoms with van der Waals surface area (Å²) < 4.78 is 2.24. The van der Waals surface area contributed by atoms with Crippen LogP contribution in [0, 0.1) is 20.8 Å². The van der Waals surface area contributed by atoms with Gasteiger partial charge in [-0.2, -0.15) is 0 Å². The van der Waals surface area contributed by atoms with Crippen LogP contribution in [0.4, 0.5) is 10.5 Å². The van der Waals surface area contributed by atoms with Gasteiger partial charge in [0.25, 0.3) is 0 Å². The molecule has 1 aliphatic carbocycles. The highest BCUT2D eigenvalue weighted by Crippen LogP contribution is 2.28. The van der Waals surface area contributed by atoms with Crippen LogP contribution in [-0.4, -0.2) is 10.6 Å². The zero-order valence-electron chi connectivity index (χ0n) is 17.5. The number of urea groups is 1. The fourth-order valence-corrected chi connectivity index (χ4v) is 4.34. The highest BCUT2D eigenvalue weighted by molar-refractivity contribution is 5.90. The van der Waals surface area contributed by atoms with Crippen molar-refractivity contribution in [2.75, 3.05) is 5.32 Å². The van der Waals surface area contributed by atoms with Gasteiger partial charge in [-0.1, -0.05) is 29.8 Å². The van der Waals surface area contributed by atoms with E-state index >= 15 is 0 Å². The van der Waals surface area contributed by atoms with Gasteiger partial charge in [0, 0.05) is 29.3 Å². The normalized spacial score (nSPS) is 13.1. The number of carbonyl (C=O) groups is 1. The van der Waals surface area contributed by atoms with Crippen molar-refractivity contribution in [3.05, 3.63) is 82.2 Å². The van der Waals surface area contributed by atoms with E-state index in [0.29, 0.717) is 6.54 Å². The highest BCUT2D eigenvalue weighted by atomic mass is 16.2. The molecule has 2 amide bonds. The van der Waals surface area contributed by atoms with Gasteiger partial charge in [-0.25, -0.2) is 4.79 Å². The van der Waals surface area contributed by atoms with Crippen molar-refractivity contribution in [1.29, 1.82) is 0 Å². The smallest absolute Gasteiger partial charge is 0.319 e. The molecule has 0 unspecified atom stereocenters. The lowest BCUT2D eigenvalue weighted by atomic mass is 9.90. The minimum atomic E-state index is -0.149. The average Bonchev–Trinajstić information content (AvgIpc) is 3.01. The maximum absolute atomic E-state index is 12.6. The third-order valence-corrected chi connectivity index (χ3v) is 5.91. The summed E-state index contributed by atoms with van der Waals surface area (Å²) in [6, 6.07) is 16.7. The predicted octanol–water partition coefficient (Wildman–Crippen LogP) is 5.60. The second kappa shape index (κ2) is 8.16. The quantitative estimate of drug-likeness (QED) is 0.601. The van der Waals surface area contributed by atoms with E-state index in [2.05, 4.69) is 72.4 Å². The maximum atomic E-state index is 12.6. The molecule has 29 heavy (non-hydrogen) atoms. The first-order valence-electron chi connectivity index (χ1n) is 10.4. The molecule has 2 N–H and O–H groups in total. The largest absolute Gasteiger partial charge is 0.334 e. The molecule has 0 bridgehead atoms. The fraction of sp³-hybridized carbons (Fsp3) is 0.320. The Morgan fingerprint density at radius 2 is 1.76 bits per heavy atom. The van der Waals surface area contributed by atoms with Crippen molar-refractivity contribution in [2.45, 2.75) is 53.0 Å². The first-order chi connectivity index (χ1) is 14.0. The molecule has 1 aromatic heterocycles. The van der Waals surface area contributed by atoms with Crippen LogP contribution in [-0.2, 0) is 19.4 Å². The number of benzene rings is 2. The lowest BCUT2D eigenvalue weighted by molar-refractivity contribution is 0.251. The maximum Gasteiger partial charge on any atom is 0.319 e. The van der Waals surface area contributed by atoms with Crippen molar-refractivity contribution in [2.24, 2.45) is 0 Å². The molecule has 0 saturated heterocycles. The van der Waals surface area contributed by atoms with Crippen molar-refractivity contribution in [3.63, 3.8) is 0 Å². The molecule has 1 heterocycles. The minimum Gasteiger partial charge on any atom is -0.334 e. The molecule has 1 aliphatic rings. The molecular formula is C25H29N3O. The number of carbonyl (C=O) groups excluding carboxylic acids is 1. The van der Waals surface area contributed by atoms with Gasteiger partial charge in [0.05, 0.1) is 0 Å². The number of aryl methyl sites for hydroxylation is 3. The van der Waals surface area contributed by atoms with Gasteiger partial charge in [-0.3, -0.25) is 0 Å². The molecule has 0 saturated carbocycles. The van der Waals surface area contributed by atoms with E-state index in [0.717, 1.165) is 35.5 Å². The van der Waals surface area contributed by atoms with Crippen LogP contribution in [0.1, 0.15) is 46.5 Å². The number of hydrogen-bond acceptors (Lipinski definition) is 1. The highest BCUT2D eigenvalue weighted by Gasteiger charge is 2.15. The van der Waals surface area contributed by atoms with Gasteiger partial charge < -0.3 is 15.2 Å². The van der Waals surface area contributed by atoms with Crippen LogP contribution in [0.5, 0.6) is 0 Å². The molecule has 4 nitrogen and oxygen atoms in total. The zero-order valence-corrected chi connectivity index (χ0v) is 17.5. The molecule has 0 aliphatic heterocycles. The van der Waals surface area contributed by atoms with Crippen molar-refractivity contribution >= 4 is 11.7 Å². The van der Waals surface area contributed by atoms with E-state index < -0.39 is 0 Å². The van der Waals surface area contributed by atoms with E-state index in [9.17, 15) is 4.79 Å². The molecule has 4 heteroatoms. The summed E-state index contributed by atoms with van der Waals surface area (Å²) in [5, 5.41) is 6.10. The Bertz CT molecular complexity index is 1030. The first kappa shape index (κ1) is 19.3. The van der Waals surface area contributed by atoms with Gasteiger partial charge >= 0.3 is 6.03 Å². The van der Waals surface area contributed by atoms with Crippen LogP contribution >= 0.6 is 0 Å². The summed E-state index contributed by atoms with van der Waals surface area (Å²) in [6.45, 7) is 6.81. The van der Waals surface area contributed by atoms with Gasteiger partial charge in [-0.05, 0) is 87.4 Å². The summed E-state index contributed by atoms with van der Waals surface area (Å²) in [4.78, 5) is 12.6. The predicted molar refractivity (Wildman–Crippen MR) is 119 cm³/mol. The summed E-state index contributed by atoms with van der Waals surface area (Å²) >= 11 is 0. The molecule has 4 rings (SSSR count). The SMILES string of the molecule is Cc1ccc(-n2c(C)cc(CNC(=O)Nc3cccc4c3CCCC4)c2C)cc1. The monoisotopic (exact) mass is 387 g/mol. The molecular weight excluding hydrogens is 358 g/mol. The Hall–Kier alpha value is -3.01. The number of nitrogens with one attached hydrogen (secondary N) is 2. The van der Waals surface area contributed by atoms with Gasteiger partial charge in [0.1, 0.15) is 0 Å². The summed E-state index contributed by atoms with van der Waals surface area (Å²) in [7, 11) is 0. The van der Waals surface area contributed by atoms with E-state index in [1.54, 1.807) is 0 Å². The number of nitrogens with zero attached hydrogens (tertiary/aromatic N) is 1. The second-order valence-corrected chi connectivity index (χ2v) is 8.03. The first-order valence-corrected chi connectivity index (χ1v) is 10.4. The van der Waals surface area contributed by atoms with Crippen LogP contribution in [0.15, 0.2) is 48.5 Å². The lowest BCUT2D eigenvalue weighted by Gasteiger charge is -2.19. The van der Waals surface area contributed by atoms with Gasteiger partial charge in [0.2, 0.25) is 0 Å². The van der Waals surface area contributed by atoms with Crippen LogP contribution in [0.25, 0.3) is 5.69 Å². The lowest BCUT2D eigenvalue weighted by Crippen LogP contribution is -2.29. The van der Waals surface area contributed by atoms with Crippen LogP contribution < -0.4 is 10.6 Å². The zero-order chi connectivity index (χ0) is 20.4. The average molecular weight is 388 g/mol. The Morgan fingerprint density at radius 1 is 1.00 bits per heavy atom. The molecule has 2 aromatic carbocycles. The van der Waals surface area contributed by atoms with E-state index in [4.69, 9.17) is 0 Å². The van der Waals surface area contributed by atoms with Crippen molar-refractivity contribution in [3.8, 4) is 5.69 Å². The van der Waals surface area contributed by atoms with E-state index in [1.165, 1.54) is 35.2 Å². The number of hydrogen-bond donors (Lipinski definition) is 2. The van der Waals surface area contributed by atoms with Crippen molar-refractivity contribution < 1.29 is 4.79 Å². The Balaban J connectivity index is 1.45. The van der Waals surface area contributed by atoms with Gasteiger partial charge in [-0.15, -0.1) is 0 Å². The Morgan fingerprint density at radius 3 is 2.55 bits per heavy atom. The van der Waals surface area contributed by atoms with Gasteiger partial charge in [0.15, 0.2) is 0 Å². The number of amides is 2. The summed E-state index contributed by atoms with van der Waals surface area (Å²) in [5.74, 6) is 0. The molecule has 150 valence electrons. The third-order valence-electron chi connectivity index (χ3n) is 5.91. The number of aromatic nitrogens is 1. The molecule has 3 aromatic rings. The molecule has 0 atom stereocenters. The number of fused-ring (bicyclic) bond motifs is 1. The van der Waals surface area contributed by atoms with Crippen LogP contribution in [0.2, 0.25) is 0 Å². The number of anilines is 1. The summed E-state index contributed by atoms with van der Waals surface area (Å²) in [6.07, 6.45) is 4.58. The van der Waals surface area contributed by atoms with E-state index in [1.807, 2.05) is 12.1 Å². The second-order valence-electron chi connectivity index (χ2n) is 8.03. The summed E-state index contributed by atoms with van der Waals surface area (Å²) in [5.41, 5.74) is 9.47. The molecule has 0 spiro atoms. The van der Waals surface area contributed by atoms with Crippen LogP contribution in [0.3, 0.4) is 0 Å². The fourth-order valence-electron chi connectivity index (χ4n) is 4.34. The third kappa shape index (κ3) is 4.07. The molecule has 0 radical (unpaired) electrons. The molecule has 0 fully saturated rings. The van der Waals surface area contributed by atoms with Crippen molar-refractivity contribution in [1.82, 2.24) is 9.88 Å².